The Morgan fingerprint density at radius 2 is 2.07 bits per heavy atom. The van der Waals surface area contributed by atoms with Crippen LogP contribution in [0, 0.1) is 6.92 Å². The van der Waals surface area contributed by atoms with Gasteiger partial charge in [0.25, 0.3) is 0 Å². The normalized spacial score (nSPS) is 11.8. The van der Waals surface area contributed by atoms with Crippen LogP contribution in [0.4, 0.5) is 5.82 Å². The van der Waals surface area contributed by atoms with Crippen LogP contribution in [0.25, 0.3) is 0 Å². The van der Waals surface area contributed by atoms with E-state index in [4.69, 9.17) is 0 Å². The lowest BCUT2D eigenvalue weighted by Gasteiger charge is -2.11. The van der Waals surface area contributed by atoms with E-state index in [1.807, 2.05) is 6.07 Å². The van der Waals surface area contributed by atoms with E-state index in [1.54, 1.807) is 27.0 Å². The fraction of sp³-hybridized carbons (Fsp3) is 0.444. The minimum Gasteiger partial charge on any atom is -0.267 e. The Bertz CT molecular complexity index is 457. The molecule has 1 rings (SSSR count). The van der Waals surface area contributed by atoms with Crippen molar-refractivity contribution in [3.05, 3.63) is 22.3 Å². The molecular formula is C9H13BrN2O2S. The zero-order valence-corrected chi connectivity index (χ0v) is 11.2. The number of aryl methyl sites for hydroxylation is 1. The van der Waals surface area contributed by atoms with E-state index in [0.717, 1.165) is 10.0 Å². The van der Waals surface area contributed by atoms with Crippen molar-refractivity contribution in [3.63, 3.8) is 0 Å². The summed E-state index contributed by atoms with van der Waals surface area (Å²) < 4.78 is 26.4. The van der Waals surface area contributed by atoms with Gasteiger partial charge in [-0.05, 0) is 48.3 Å². The van der Waals surface area contributed by atoms with E-state index in [9.17, 15) is 8.42 Å². The van der Waals surface area contributed by atoms with Crippen LogP contribution in [0.5, 0.6) is 0 Å². The molecule has 84 valence electrons. The molecule has 0 aromatic carbocycles. The maximum atomic E-state index is 11.6. The average molecular weight is 293 g/mol. The summed E-state index contributed by atoms with van der Waals surface area (Å²) in [7, 11) is -3.31. The van der Waals surface area contributed by atoms with Crippen molar-refractivity contribution in [3.8, 4) is 0 Å². The van der Waals surface area contributed by atoms with Crippen molar-refractivity contribution in [1.82, 2.24) is 4.98 Å². The van der Waals surface area contributed by atoms with Crippen molar-refractivity contribution in [2.45, 2.75) is 26.0 Å². The largest absolute Gasteiger partial charge is 0.267 e. The summed E-state index contributed by atoms with van der Waals surface area (Å²) in [5.41, 5.74) is 0.786. The number of halogens is 1. The van der Waals surface area contributed by atoms with Gasteiger partial charge in [-0.1, -0.05) is 0 Å². The summed E-state index contributed by atoms with van der Waals surface area (Å²) in [6.45, 7) is 5.04. The van der Waals surface area contributed by atoms with Gasteiger partial charge in [0.2, 0.25) is 10.0 Å². The zero-order chi connectivity index (χ0) is 11.6. The molecule has 0 amide bonds. The lowest BCUT2D eigenvalue weighted by molar-refractivity contribution is 0.592. The second kappa shape index (κ2) is 4.49. The van der Waals surface area contributed by atoms with Crippen molar-refractivity contribution in [1.29, 1.82) is 0 Å². The second-order valence-corrected chi connectivity index (χ2v) is 6.67. The molecule has 1 N–H and O–H groups in total. The number of sulfonamides is 1. The monoisotopic (exact) mass is 292 g/mol. The van der Waals surface area contributed by atoms with Gasteiger partial charge in [0.1, 0.15) is 5.82 Å². The van der Waals surface area contributed by atoms with Crippen LogP contribution in [-0.4, -0.2) is 18.7 Å². The first-order chi connectivity index (χ1) is 6.83. The Morgan fingerprint density at radius 3 is 2.53 bits per heavy atom. The molecule has 0 bridgehead atoms. The molecule has 0 aliphatic carbocycles. The SMILES string of the molecule is Cc1cc(Br)cnc1NS(=O)(=O)C(C)C. The van der Waals surface area contributed by atoms with E-state index in [1.165, 1.54) is 0 Å². The molecule has 0 aliphatic heterocycles. The highest BCUT2D eigenvalue weighted by atomic mass is 79.9. The van der Waals surface area contributed by atoms with Gasteiger partial charge < -0.3 is 0 Å². The lowest BCUT2D eigenvalue weighted by atomic mass is 10.3. The van der Waals surface area contributed by atoms with E-state index in [2.05, 4.69) is 25.6 Å². The predicted molar refractivity (Wildman–Crippen MR) is 64.4 cm³/mol. The molecule has 0 fully saturated rings. The number of aromatic nitrogens is 1. The summed E-state index contributed by atoms with van der Waals surface area (Å²) >= 11 is 3.27. The first kappa shape index (κ1) is 12.4. The summed E-state index contributed by atoms with van der Waals surface area (Å²) in [5.74, 6) is 0.381. The quantitative estimate of drug-likeness (QED) is 0.930. The van der Waals surface area contributed by atoms with Gasteiger partial charge in [-0.2, -0.15) is 0 Å². The Labute approximate surface area is 98.3 Å². The fourth-order valence-electron chi connectivity index (χ4n) is 0.900. The van der Waals surface area contributed by atoms with Crippen LogP contribution in [0.15, 0.2) is 16.7 Å². The van der Waals surface area contributed by atoms with Crippen LogP contribution in [0.1, 0.15) is 19.4 Å². The topological polar surface area (TPSA) is 59.1 Å². The van der Waals surface area contributed by atoms with E-state index < -0.39 is 15.3 Å². The Morgan fingerprint density at radius 1 is 1.47 bits per heavy atom. The third-order valence-corrected chi connectivity index (χ3v) is 4.06. The van der Waals surface area contributed by atoms with Crippen LogP contribution >= 0.6 is 15.9 Å². The Kier molecular flexibility index (Phi) is 3.72. The number of nitrogens with one attached hydrogen (secondary N) is 1. The molecule has 0 saturated carbocycles. The Hall–Kier alpha value is -0.620. The predicted octanol–water partition coefficient (Wildman–Crippen LogP) is 2.30. The highest BCUT2D eigenvalue weighted by molar-refractivity contribution is 9.10. The molecule has 0 saturated heterocycles. The number of pyridine rings is 1. The summed E-state index contributed by atoms with van der Waals surface area (Å²) in [5, 5.41) is -0.470. The van der Waals surface area contributed by atoms with E-state index >= 15 is 0 Å². The molecule has 1 aromatic rings. The smallest absolute Gasteiger partial charge is 0.236 e. The van der Waals surface area contributed by atoms with Crippen molar-refractivity contribution in [2.75, 3.05) is 4.72 Å². The Balaban J connectivity index is 3.01. The third kappa shape index (κ3) is 3.17. The van der Waals surface area contributed by atoms with E-state index in [-0.39, 0.29) is 0 Å². The van der Waals surface area contributed by atoms with Gasteiger partial charge in [-0.3, -0.25) is 4.72 Å². The summed E-state index contributed by atoms with van der Waals surface area (Å²) in [6, 6.07) is 1.81. The zero-order valence-electron chi connectivity index (χ0n) is 8.78. The van der Waals surface area contributed by atoms with Crippen LogP contribution in [0.3, 0.4) is 0 Å². The molecule has 0 unspecified atom stereocenters. The molecule has 15 heavy (non-hydrogen) atoms. The van der Waals surface area contributed by atoms with Gasteiger partial charge in [0, 0.05) is 10.7 Å². The lowest BCUT2D eigenvalue weighted by Crippen LogP contribution is -2.23. The van der Waals surface area contributed by atoms with Gasteiger partial charge in [-0.25, -0.2) is 13.4 Å². The number of rotatable bonds is 3. The van der Waals surface area contributed by atoms with E-state index in [0.29, 0.717) is 5.82 Å². The molecule has 0 atom stereocenters. The first-order valence-electron chi connectivity index (χ1n) is 4.46. The summed E-state index contributed by atoms with van der Waals surface area (Å²) in [4.78, 5) is 4.01. The maximum Gasteiger partial charge on any atom is 0.236 e. The minimum absolute atomic E-state index is 0.381. The first-order valence-corrected chi connectivity index (χ1v) is 6.80. The van der Waals surface area contributed by atoms with Gasteiger partial charge in [-0.15, -0.1) is 0 Å². The number of hydrogen-bond acceptors (Lipinski definition) is 3. The second-order valence-electron chi connectivity index (χ2n) is 3.51. The highest BCUT2D eigenvalue weighted by Crippen LogP contribution is 2.18. The molecule has 4 nitrogen and oxygen atoms in total. The van der Waals surface area contributed by atoms with Gasteiger partial charge in [0.15, 0.2) is 0 Å². The molecule has 6 heteroatoms. The molecule has 0 aliphatic rings. The maximum absolute atomic E-state index is 11.6. The minimum atomic E-state index is -3.31. The molecule has 0 radical (unpaired) electrons. The van der Waals surface area contributed by atoms with Crippen LogP contribution in [0.2, 0.25) is 0 Å². The average Bonchev–Trinajstić information content (AvgIpc) is 2.09. The van der Waals surface area contributed by atoms with Gasteiger partial charge in [0.05, 0.1) is 5.25 Å². The highest BCUT2D eigenvalue weighted by Gasteiger charge is 2.17. The number of hydrogen-bond donors (Lipinski definition) is 1. The third-order valence-electron chi connectivity index (χ3n) is 1.90. The molecule has 1 aromatic heterocycles. The standard InChI is InChI=1S/C9H13BrN2O2S/c1-6(2)15(13,14)12-9-7(3)4-8(10)5-11-9/h4-6H,1-3H3,(H,11,12). The van der Waals surface area contributed by atoms with Crippen LogP contribution in [-0.2, 0) is 10.0 Å². The van der Waals surface area contributed by atoms with Crippen molar-refractivity contribution in [2.24, 2.45) is 0 Å². The molecule has 0 spiro atoms. The molecule has 1 heterocycles. The summed E-state index contributed by atoms with van der Waals surface area (Å²) in [6.07, 6.45) is 1.56. The van der Waals surface area contributed by atoms with Crippen LogP contribution < -0.4 is 4.72 Å². The molecular weight excluding hydrogens is 280 g/mol. The van der Waals surface area contributed by atoms with Crippen molar-refractivity contribution < 1.29 is 8.42 Å². The fourth-order valence-corrected chi connectivity index (χ4v) is 2.06. The van der Waals surface area contributed by atoms with Gasteiger partial charge >= 0.3 is 0 Å². The number of anilines is 1. The number of nitrogens with zero attached hydrogens (tertiary/aromatic N) is 1. The van der Waals surface area contributed by atoms with Crippen molar-refractivity contribution >= 4 is 31.8 Å².